The summed E-state index contributed by atoms with van der Waals surface area (Å²) in [5.74, 6) is 1.77. The lowest BCUT2D eigenvalue weighted by Crippen LogP contribution is -2.30. The molecule has 1 nitrogen and oxygen atoms in total. The highest BCUT2D eigenvalue weighted by molar-refractivity contribution is 5.50. The Bertz CT molecular complexity index is 424. The molecule has 1 N–H and O–H groups in total. The van der Waals surface area contributed by atoms with Gasteiger partial charge in [-0.2, -0.15) is 0 Å². The monoisotopic (exact) mass is 243 g/mol. The van der Waals surface area contributed by atoms with Gasteiger partial charge >= 0.3 is 0 Å². The summed E-state index contributed by atoms with van der Waals surface area (Å²) in [6.45, 7) is 4.80. The number of rotatable bonds is 2. The van der Waals surface area contributed by atoms with Gasteiger partial charge in [0, 0.05) is 11.7 Å². The van der Waals surface area contributed by atoms with Gasteiger partial charge in [-0.05, 0) is 73.6 Å². The molecule has 0 spiro atoms. The minimum absolute atomic E-state index is 0.690. The van der Waals surface area contributed by atoms with E-state index in [1.165, 1.54) is 44.2 Å². The Hall–Kier alpha value is -0.980. The van der Waals surface area contributed by atoms with Crippen molar-refractivity contribution in [1.29, 1.82) is 0 Å². The van der Waals surface area contributed by atoms with Gasteiger partial charge in [0.1, 0.15) is 0 Å². The van der Waals surface area contributed by atoms with Gasteiger partial charge in [0.25, 0.3) is 0 Å². The first-order chi connectivity index (χ1) is 8.72. The fourth-order valence-electron chi connectivity index (χ4n) is 3.58. The van der Waals surface area contributed by atoms with Crippen molar-refractivity contribution in [1.82, 2.24) is 0 Å². The van der Waals surface area contributed by atoms with Crippen molar-refractivity contribution in [3.8, 4) is 0 Å². The lowest BCUT2D eigenvalue weighted by molar-refractivity contribution is 0.261. The lowest BCUT2D eigenvalue weighted by atomic mass is 9.79. The molecular weight excluding hydrogens is 218 g/mol. The average molecular weight is 243 g/mol. The summed E-state index contributed by atoms with van der Waals surface area (Å²) in [5.41, 5.74) is 4.51. The minimum Gasteiger partial charge on any atom is -0.382 e. The van der Waals surface area contributed by atoms with E-state index >= 15 is 0 Å². The largest absolute Gasteiger partial charge is 0.382 e. The zero-order valence-corrected chi connectivity index (χ0v) is 11.7. The molecule has 0 amide bonds. The molecule has 2 aliphatic rings. The molecule has 3 unspecified atom stereocenters. The van der Waals surface area contributed by atoms with Crippen molar-refractivity contribution in [3.05, 3.63) is 29.3 Å². The summed E-state index contributed by atoms with van der Waals surface area (Å²) in [7, 11) is 0. The topological polar surface area (TPSA) is 12.0 Å². The van der Waals surface area contributed by atoms with Gasteiger partial charge in [-0.15, -0.1) is 0 Å². The van der Waals surface area contributed by atoms with E-state index in [0.717, 1.165) is 11.8 Å². The number of hydrogen-bond donors (Lipinski definition) is 1. The zero-order valence-electron chi connectivity index (χ0n) is 11.7. The van der Waals surface area contributed by atoms with Crippen LogP contribution >= 0.6 is 0 Å². The quantitative estimate of drug-likeness (QED) is 0.811. The van der Waals surface area contributed by atoms with E-state index < -0.39 is 0 Å². The predicted octanol–water partition coefficient (Wildman–Crippen LogP) is 4.41. The van der Waals surface area contributed by atoms with Crippen molar-refractivity contribution in [2.45, 2.75) is 58.4 Å². The Balaban J connectivity index is 1.66. The standard InChI is InChI=1S/C17H25N/c1-12-6-8-16(10-13(12)2)18-17-9-7-14-4-3-5-15(14)11-17/h7,9,11-13,16,18H,3-6,8,10H2,1-2H3. The second-order valence-electron chi connectivity index (χ2n) is 6.45. The van der Waals surface area contributed by atoms with Gasteiger partial charge < -0.3 is 5.32 Å². The fourth-order valence-corrected chi connectivity index (χ4v) is 3.58. The number of benzene rings is 1. The van der Waals surface area contributed by atoms with Crippen molar-refractivity contribution >= 4 is 5.69 Å². The normalized spacial score (nSPS) is 31.1. The first-order valence-electron chi connectivity index (χ1n) is 7.60. The number of hydrogen-bond acceptors (Lipinski definition) is 1. The molecule has 0 radical (unpaired) electrons. The third kappa shape index (κ3) is 2.41. The Labute approximate surface area is 111 Å². The highest BCUT2D eigenvalue weighted by Gasteiger charge is 2.24. The van der Waals surface area contributed by atoms with Crippen LogP contribution < -0.4 is 5.32 Å². The summed E-state index contributed by atoms with van der Waals surface area (Å²) in [4.78, 5) is 0. The molecule has 1 fully saturated rings. The lowest BCUT2D eigenvalue weighted by Gasteiger charge is -2.33. The van der Waals surface area contributed by atoms with Crippen LogP contribution in [-0.2, 0) is 12.8 Å². The maximum Gasteiger partial charge on any atom is 0.0345 e. The average Bonchev–Trinajstić information content (AvgIpc) is 2.81. The van der Waals surface area contributed by atoms with Crippen molar-refractivity contribution in [2.24, 2.45) is 11.8 Å². The smallest absolute Gasteiger partial charge is 0.0345 e. The third-order valence-corrected chi connectivity index (χ3v) is 5.07. The van der Waals surface area contributed by atoms with Crippen molar-refractivity contribution < 1.29 is 0 Å². The Kier molecular flexibility index (Phi) is 3.32. The predicted molar refractivity (Wildman–Crippen MR) is 78.1 cm³/mol. The molecule has 0 bridgehead atoms. The van der Waals surface area contributed by atoms with Crippen LogP contribution in [0.25, 0.3) is 0 Å². The van der Waals surface area contributed by atoms with Crippen LogP contribution in [0.4, 0.5) is 5.69 Å². The first-order valence-corrected chi connectivity index (χ1v) is 7.60. The molecule has 98 valence electrons. The number of fused-ring (bicyclic) bond motifs is 1. The molecule has 0 heterocycles. The van der Waals surface area contributed by atoms with E-state index in [4.69, 9.17) is 0 Å². The van der Waals surface area contributed by atoms with Crippen LogP contribution in [0, 0.1) is 11.8 Å². The molecule has 1 aromatic rings. The van der Waals surface area contributed by atoms with Crippen LogP contribution in [0.15, 0.2) is 18.2 Å². The maximum atomic E-state index is 3.76. The van der Waals surface area contributed by atoms with E-state index in [1.807, 2.05) is 0 Å². The van der Waals surface area contributed by atoms with Crippen LogP contribution in [0.5, 0.6) is 0 Å². The van der Waals surface area contributed by atoms with Crippen LogP contribution in [0.1, 0.15) is 50.7 Å². The molecule has 3 atom stereocenters. The van der Waals surface area contributed by atoms with E-state index in [2.05, 4.69) is 37.4 Å². The summed E-state index contributed by atoms with van der Waals surface area (Å²) in [6.07, 6.45) is 7.96. The molecular formula is C17H25N. The molecule has 1 heteroatoms. The molecule has 1 saturated carbocycles. The molecule has 0 aliphatic heterocycles. The van der Waals surface area contributed by atoms with Crippen molar-refractivity contribution in [2.75, 3.05) is 5.32 Å². The highest BCUT2D eigenvalue weighted by Crippen LogP contribution is 2.32. The maximum absolute atomic E-state index is 3.76. The second-order valence-corrected chi connectivity index (χ2v) is 6.45. The number of aryl methyl sites for hydroxylation is 2. The first kappa shape index (κ1) is 12.1. The van der Waals surface area contributed by atoms with Crippen LogP contribution in [0.3, 0.4) is 0 Å². The Morgan fingerprint density at radius 1 is 1.00 bits per heavy atom. The van der Waals surface area contributed by atoms with Gasteiger partial charge in [-0.3, -0.25) is 0 Å². The zero-order chi connectivity index (χ0) is 12.5. The molecule has 18 heavy (non-hydrogen) atoms. The second kappa shape index (κ2) is 4.95. The SMILES string of the molecule is CC1CCC(Nc2ccc3c(c2)CCC3)CC1C. The van der Waals surface area contributed by atoms with Crippen LogP contribution in [0.2, 0.25) is 0 Å². The Morgan fingerprint density at radius 3 is 2.67 bits per heavy atom. The highest BCUT2D eigenvalue weighted by atomic mass is 14.9. The molecule has 3 rings (SSSR count). The summed E-state index contributed by atoms with van der Waals surface area (Å²) in [6, 6.07) is 7.70. The van der Waals surface area contributed by atoms with E-state index in [0.29, 0.717) is 6.04 Å². The van der Waals surface area contributed by atoms with E-state index in [-0.39, 0.29) is 0 Å². The van der Waals surface area contributed by atoms with Gasteiger partial charge in [0.05, 0.1) is 0 Å². The van der Waals surface area contributed by atoms with E-state index in [1.54, 1.807) is 11.1 Å². The van der Waals surface area contributed by atoms with Crippen LogP contribution in [-0.4, -0.2) is 6.04 Å². The Morgan fingerprint density at radius 2 is 1.83 bits per heavy atom. The van der Waals surface area contributed by atoms with Gasteiger partial charge in [0.15, 0.2) is 0 Å². The molecule has 0 saturated heterocycles. The summed E-state index contributed by atoms with van der Waals surface area (Å²) < 4.78 is 0. The van der Waals surface area contributed by atoms with Gasteiger partial charge in [0.2, 0.25) is 0 Å². The molecule has 1 aromatic carbocycles. The van der Waals surface area contributed by atoms with E-state index in [9.17, 15) is 0 Å². The molecule has 2 aliphatic carbocycles. The van der Waals surface area contributed by atoms with Gasteiger partial charge in [-0.1, -0.05) is 19.9 Å². The summed E-state index contributed by atoms with van der Waals surface area (Å²) >= 11 is 0. The number of anilines is 1. The fraction of sp³-hybridized carbons (Fsp3) is 0.647. The molecule has 0 aromatic heterocycles. The summed E-state index contributed by atoms with van der Waals surface area (Å²) in [5, 5.41) is 3.76. The van der Waals surface area contributed by atoms with Crippen molar-refractivity contribution in [3.63, 3.8) is 0 Å². The third-order valence-electron chi connectivity index (χ3n) is 5.07. The minimum atomic E-state index is 0.690. The van der Waals surface area contributed by atoms with Gasteiger partial charge in [-0.25, -0.2) is 0 Å². The number of nitrogens with one attached hydrogen (secondary N) is 1.